The molecule has 2 aromatic rings. The van der Waals surface area contributed by atoms with Crippen LogP contribution < -0.4 is 5.32 Å². The lowest BCUT2D eigenvalue weighted by Gasteiger charge is -2.13. The SMILES string of the molecule is CCNc1nc(CC)nc(Sc2ccc(C)cc2C)c1C. The van der Waals surface area contributed by atoms with E-state index in [0.717, 1.165) is 35.2 Å². The third kappa shape index (κ3) is 3.76. The molecule has 0 unspecified atom stereocenters. The van der Waals surface area contributed by atoms with E-state index in [9.17, 15) is 0 Å². The second kappa shape index (κ2) is 6.94. The first-order chi connectivity index (χ1) is 10.0. The highest BCUT2D eigenvalue weighted by atomic mass is 32.2. The van der Waals surface area contributed by atoms with Crippen molar-refractivity contribution in [2.45, 2.75) is 51.0 Å². The maximum absolute atomic E-state index is 4.70. The van der Waals surface area contributed by atoms with E-state index in [0.29, 0.717) is 0 Å². The van der Waals surface area contributed by atoms with Crippen LogP contribution in [0.4, 0.5) is 5.82 Å². The molecular weight excluding hydrogens is 278 g/mol. The molecule has 1 heterocycles. The van der Waals surface area contributed by atoms with Gasteiger partial charge in [-0.05, 0) is 39.3 Å². The fraction of sp³-hybridized carbons (Fsp3) is 0.412. The summed E-state index contributed by atoms with van der Waals surface area (Å²) >= 11 is 1.73. The van der Waals surface area contributed by atoms with Gasteiger partial charge >= 0.3 is 0 Å². The van der Waals surface area contributed by atoms with Gasteiger partial charge in [0, 0.05) is 23.4 Å². The lowest BCUT2D eigenvalue weighted by molar-refractivity contribution is 0.870. The summed E-state index contributed by atoms with van der Waals surface area (Å²) in [6, 6.07) is 6.54. The molecule has 1 aromatic carbocycles. The standard InChI is InChI=1S/C17H23N3S/c1-6-15-19-16(18-7-2)13(5)17(20-15)21-14-9-8-11(3)10-12(14)4/h8-10H,6-7H2,1-5H3,(H,18,19,20). The van der Waals surface area contributed by atoms with Crippen molar-refractivity contribution < 1.29 is 0 Å². The van der Waals surface area contributed by atoms with Gasteiger partial charge in [0.25, 0.3) is 0 Å². The van der Waals surface area contributed by atoms with Gasteiger partial charge in [-0.1, -0.05) is 36.4 Å². The summed E-state index contributed by atoms with van der Waals surface area (Å²) in [6.07, 6.45) is 0.846. The summed E-state index contributed by atoms with van der Waals surface area (Å²) in [5.74, 6) is 1.85. The average Bonchev–Trinajstić information content (AvgIpc) is 2.46. The van der Waals surface area contributed by atoms with Crippen molar-refractivity contribution in [1.29, 1.82) is 0 Å². The maximum atomic E-state index is 4.70. The van der Waals surface area contributed by atoms with E-state index in [1.165, 1.54) is 16.0 Å². The number of rotatable bonds is 5. The first kappa shape index (κ1) is 15.8. The van der Waals surface area contributed by atoms with E-state index in [4.69, 9.17) is 4.98 Å². The van der Waals surface area contributed by atoms with Gasteiger partial charge < -0.3 is 5.32 Å². The van der Waals surface area contributed by atoms with Gasteiger partial charge in [0.2, 0.25) is 0 Å². The normalized spacial score (nSPS) is 10.7. The largest absolute Gasteiger partial charge is 0.370 e. The van der Waals surface area contributed by atoms with Crippen LogP contribution in [0.15, 0.2) is 28.1 Å². The zero-order valence-electron chi connectivity index (χ0n) is 13.4. The Balaban J connectivity index is 2.40. The molecule has 0 aliphatic heterocycles. The second-order valence-corrected chi connectivity index (χ2v) is 6.20. The van der Waals surface area contributed by atoms with Gasteiger partial charge in [0.05, 0.1) is 0 Å². The Labute approximate surface area is 131 Å². The van der Waals surface area contributed by atoms with E-state index in [1.54, 1.807) is 11.8 Å². The highest BCUT2D eigenvalue weighted by Gasteiger charge is 2.12. The molecule has 1 N–H and O–H groups in total. The second-order valence-electron chi connectivity index (χ2n) is 5.17. The third-order valence-corrected chi connectivity index (χ3v) is 4.61. The Hall–Kier alpha value is -1.55. The number of hydrogen-bond acceptors (Lipinski definition) is 4. The number of nitrogens with one attached hydrogen (secondary N) is 1. The molecule has 0 saturated heterocycles. The van der Waals surface area contributed by atoms with Crippen LogP contribution in [0.1, 0.15) is 36.4 Å². The minimum Gasteiger partial charge on any atom is -0.370 e. The van der Waals surface area contributed by atoms with Crippen LogP contribution in [0.5, 0.6) is 0 Å². The Morgan fingerprint density at radius 3 is 2.48 bits per heavy atom. The van der Waals surface area contributed by atoms with E-state index in [1.807, 2.05) is 0 Å². The van der Waals surface area contributed by atoms with Gasteiger partial charge in [-0.15, -0.1) is 0 Å². The van der Waals surface area contributed by atoms with Crippen LogP contribution in [0, 0.1) is 20.8 Å². The summed E-state index contributed by atoms with van der Waals surface area (Å²) in [5.41, 5.74) is 3.71. The van der Waals surface area contributed by atoms with Crippen LogP contribution in [0.2, 0.25) is 0 Å². The van der Waals surface area contributed by atoms with Crippen LogP contribution >= 0.6 is 11.8 Å². The smallest absolute Gasteiger partial charge is 0.133 e. The molecule has 0 fully saturated rings. The van der Waals surface area contributed by atoms with Crippen molar-refractivity contribution in [3.63, 3.8) is 0 Å². The summed E-state index contributed by atoms with van der Waals surface area (Å²) in [5, 5.41) is 4.38. The Bertz CT molecular complexity index is 638. The van der Waals surface area contributed by atoms with E-state index < -0.39 is 0 Å². The molecule has 0 aliphatic carbocycles. The summed E-state index contributed by atoms with van der Waals surface area (Å²) in [7, 11) is 0. The molecule has 0 radical (unpaired) electrons. The summed E-state index contributed by atoms with van der Waals surface area (Å²) in [4.78, 5) is 10.5. The van der Waals surface area contributed by atoms with E-state index >= 15 is 0 Å². The monoisotopic (exact) mass is 301 g/mol. The first-order valence-corrected chi connectivity index (χ1v) is 8.23. The molecule has 1 aromatic heterocycles. The lowest BCUT2D eigenvalue weighted by atomic mass is 10.2. The fourth-order valence-electron chi connectivity index (χ4n) is 2.16. The molecule has 0 aliphatic rings. The molecule has 0 amide bonds. The molecule has 3 nitrogen and oxygen atoms in total. The fourth-order valence-corrected chi connectivity index (χ4v) is 3.12. The molecule has 4 heteroatoms. The van der Waals surface area contributed by atoms with E-state index in [2.05, 4.69) is 63.1 Å². The van der Waals surface area contributed by atoms with Gasteiger partial charge in [-0.3, -0.25) is 0 Å². The first-order valence-electron chi connectivity index (χ1n) is 7.41. The Morgan fingerprint density at radius 2 is 1.86 bits per heavy atom. The van der Waals surface area contributed by atoms with Crippen LogP contribution in [0.3, 0.4) is 0 Å². The Morgan fingerprint density at radius 1 is 1.10 bits per heavy atom. The summed E-state index contributed by atoms with van der Waals surface area (Å²) in [6.45, 7) is 11.4. The van der Waals surface area contributed by atoms with Crippen LogP contribution in [0.25, 0.3) is 0 Å². The zero-order valence-corrected chi connectivity index (χ0v) is 14.3. The Kier molecular flexibility index (Phi) is 5.23. The highest BCUT2D eigenvalue weighted by molar-refractivity contribution is 7.99. The molecule has 0 atom stereocenters. The average molecular weight is 301 g/mol. The minimum absolute atomic E-state index is 0.846. The number of aromatic nitrogens is 2. The van der Waals surface area contributed by atoms with Crippen LogP contribution in [-0.2, 0) is 6.42 Å². The maximum Gasteiger partial charge on any atom is 0.133 e. The predicted molar refractivity (Wildman–Crippen MR) is 90.3 cm³/mol. The molecule has 21 heavy (non-hydrogen) atoms. The topological polar surface area (TPSA) is 37.8 Å². The molecule has 2 rings (SSSR count). The number of hydrogen-bond donors (Lipinski definition) is 1. The minimum atomic E-state index is 0.846. The third-order valence-electron chi connectivity index (χ3n) is 3.34. The van der Waals surface area contributed by atoms with Crippen LogP contribution in [-0.4, -0.2) is 16.5 Å². The van der Waals surface area contributed by atoms with Crippen molar-refractivity contribution in [1.82, 2.24) is 9.97 Å². The zero-order chi connectivity index (χ0) is 15.4. The quantitative estimate of drug-likeness (QED) is 0.822. The number of nitrogens with zero attached hydrogens (tertiary/aromatic N) is 2. The highest BCUT2D eigenvalue weighted by Crippen LogP contribution is 2.33. The van der Waals surface area contributed by atoms with Gasteiger partial charge in [0.15, 0.2) is 0 Å². The van der Waals surface area contributed by atoms with Crippen molar-refractivity contribution in [2.24, 2.45) is 0 Å². The molecule has 0 spiro atoms. The molecule has 0 bridgehead atoms. The van der Waals surface area contributed by atoms with Crippen molar-refractivity contribution >= 4 is 17.6 Å². The van der Waals surface area contributed by atoms with Crippen molar-refractivity contribution in [2.75, 3.05) is 11.9 Å². The van der Waals surface area contributed by atoms with Crippen molar-refractivity contribution in [3.05, 3.63) is 40.7 Å². The lowest BCUT2D eigenvalue weighted by Crippen LogP contribution is -2.07. The number of aryl methyl sites for hydroxylation is 3. The number of anilines is 1. The number of benzene rings is 1. The predicted octanol–water partition coefficient (Wildman–Crippen LogP) is 4.55. The van der Waals surface area contributed by atoms with Gasteiger partial charge in [0.1, 0.15) is 16.7 Å². The summed E-state index contributed by atoms with van der Waals surface area (Å²) < 4.78 is 0. The van der Waals surface area contributed by atoms with E-state index in [-0.39, 0.29) is 0 Å². The molecular formula is C17H23N3S. The van der Waals surface area contributed by atoms with Gasteiger partial charge in [-0.25, -0.2) is 9.97 Å². The van der Waals surface area contributed by atoms with Crippen molar-refractivity contribution in [3.8, 4) is 0 Å². The molecule has 112 valence electrons. The molecule has 0 saturated carbocycles. The van der Waals surface area contributed by atoms with Gasteiger partial charge in [-0.2, -0.15) is 0 Å².